The van der Waals surface area contributed by atoms with E-state index in [0.717, 1.165) is 42.7 Å². The number of anilines is 1. The van der Waals surface area contributed by atoms with E-state index in [1.807, 2.05) is 17.9 Å². The van der Waals surface area contributed by atoms with Crippen LogP contribution in [0.3, 0.4) is 0 Å². The number of likely N-dealkylation sites (tertiary alicyclic amines) is 1. The van der Waals surface area contributed by atoms with E-state index in [4.69, 9.17) is 0 Å². The number of amides is 1. The van der Waals surface area contributed by atoms with Crippen molar-refractivity contribution < 1.29 is 13.2 Å². The summed E-state index contributed by atoms with van der Waals surface area (Å²) in [6, 6.07) is 6.11. The smallest absolute Gasteiger partial charge is 0.255 e. The van der Waals surface area contributed by atoms with Gasteiger partial charge in [-0.25, -0.2) is 8.42 Å². The zero-order chi connectivity index (χ0) is 18.0. The molecule has 1 aromatic carbocycles. The molecule has 1 amide bonds. The second kappa shape index (κ2) is 7.36. The SMILES string of the molecule is Cc1ccc(N2CCCC2)c(C(=O)N2CCCC(CS(C)(=O)=O)C2)c1. The Morgan fingerprint density at radius 2 is 1.88 bits per heavy atom. The summed E-state index contributed by atoms with van der Waals surface area (Å²) in [6.45, 7) is 5.26. The molecule has 0 aromatic heterocycles. The highest BCUT2D eigenvalue weighted by molar-refractivity contribution is 7.90. The number of carbonyl (C=O) groups excluding carboxylic acids is 1. The number of benzene rings is 1. The molecule has 138 valence electrons. The number of carbonyl (C=O) groups is 1. The molecule has 0 radical (unpaired) electrons. The minimum atomic E-state index is -3.01. The van der Waals surface area contributed by atoms with Crippen LogP contribution >= 0.6 is 0 Å². The number of nitrogens with zero attached hydrogens (tertiary/aromatic N) is 2. The molecule has 0 N–H and O–H groups in total. The first-order chi connectivity index (χ1) is 11.8. The number of hydrogen-bond acceptors (Lipinski definition) is 4. The third-order valence-corrected chi connectivity index (χ3v) is 6.25. The van der Waals surface area contributed by atoms with Gasteiger partial charge in [-0.15, -0.1) is 0 Å². The summed E-state index contributed by atoms with van der Waals surface area (Å²) in [5, 5.41) is 0. The van der Waals surface area contributed by atoms with Crippen LogP contribution in [-0.2, 0) is 9.84 Å². The van der Waals surface area contributed by atoms with Crippen LogP contribution in [-0.4, -0.2) is 57.4 Å². The first-order valence-corrected chi connectivity index (χ1v) is 11.2. The second-order valence-corrected chi connectivity index (χ2v) is 9.75. The number of hydrogen-bond donors (Lipinski definition) is 0. The van der Waals surface area contributed by atoms with Crippen molar-refractivity contribution in [2.24, 2.45) is 5.92 Å². The molecule has 0 spiro atoms. The van der Waals surface area contributed by atoms with E-state index in [9.17, 15) is 13.2 Å². The van der Waals surface area contributed by atoms with Crippen molar-refractivity contribution in [3.05, 3.63) is 29.3 Å². The Balaban J connectivity index is 1.81. The molecule has 25 heavy (non-hydrogen) atoms. The van der Waals surface area contributed by atoms with Crippen molar-refractivity contribution >= 4 is 21.4 Å². The third kappa shape index (κ3) is 4.54. The van der Waals surface area contributed by atoms with Crippen LogP contribution in [0.4, 0.5) is 5.69 Å². The first kappa shape index (κ1) is 18.2. The Bertz CT molecular complexity index is 739. The van der Waals surface area contributed by atoms with Crippen LogP contribution in [0.1, 0.15) is 41.6 Å². The van der Waals surface area contributed by atoms with Crippen molar-refractivity contribution in [2.45, 2.75) is 32.6 Å². The van der Waals surface area contributed by atoms with E-state index in [2.05, 4.69) is 17.0 Å². The number of rotatable bonds is 4. The van der Waals surface area contributed by atoms with E-state index < -0.39 is 9.84 Å². The van der Waals surface area contributed by atoms with E-state index in [0.29, 0.717) is 13.1 Å². The summed E-state index contributed by atoms with van der Waals surface area (Å²) < 4.78 is 23.2. The normalized spacial score (nSPS) is 21.6. The molecule has 3 rings (SSSR count). The van der Waals surface area contributed by atoms with Gasteiger partial charge in [0.1, 0.15) is 9.84 Å². The molecule has 2 aliphatic heterocycles. The quantitative estimate of drug-likeness (QED) is 0.824. The molecule has 1 unspecified atom stereocenters. The Morgan fingerprint density at radius 3 is 2.56 bits per heavy atom. The average molecular weight is 365 g/mol. The van der Waals surface area contributed by atoms with Gasteiger partial charge >= 0.3 is 0 Å². The van der Waals surface area contributed by atoms with Gasteiger partial charge in [0.2, 0.25) is 0 Å². The molecule has 1 atom stereocenters. The fraction of sp³-hybridized carbons (Fsp3) is 0.632. The molecule has 0 aliphatic carbocycles. The topological polar surface area (TPSA) is 57.7 Å². The second-order valence-electron chi connectivity index (χ2n) is 7.57. The highest BCUT2D eigenvalue weighted by Crippen LogP contribution is 2.28. The first-order valence-electron chi connectivity index (χ1n) is 9.16. The van der Waals surface area contributed by atoms with Crippen molar-refractivity contribution in [1.29, 1.82) is 0 Å². The number of aryl methyl sites for hydroxylation is 1. The monoisotopic (exact) mass is 364 g/mol. The van der Waals surface area contributed by atoms with Gasteiger partial charge in [-0.05, 0) is 50.7 Å². The zero-order valence-electron chi connectivity index (χ0n) is 15.2. The highest BCUT2D eigenvalue weighted by Gasteiger charge is 2.29. The van der Waals surface area contributed by atoms with E-state index in [-0.39, 0.29) is 17.6 Å². The van der Waals surface area contributed by atoms with Gasteiger partial charge in [0, 0.05) is 38.1 Å². The summed E-state index contributed by atoms with van der Waals surface area (Å²) >= 11 is 0. The zero-order valence-corrected chi connectivity index (χ0v) is 16.0. The lowest BCUT2D eigenvalue weighted by atomic mass is 9.98. The fourth-order valence-corrected chi connectivity index (χ4v) is 5.17. The van der Waals surface area contributed by atoms with Gasteiger partial charge in [-0.3, -0.25) is 4.79 Å². The van der Waals surface area contributed by atoms with E-state index >= 15 is 0 Å². The third-order valence-electron chi connectivity index (χ3n) is 5.17. The average Bonchev–Trinajstić information content (AvgIpc) is 3.07. The fourth-order valence-electron chi connectivity index (χ4n) is 4.04. The molecule has 0 saturated carbocycles. The Hall–Kier alpha value is -1.56. The molecule has 6 heteroatoms. The molecular formula is C19H28N2O3S. The lowest BCUT2D eigenvalue weighted by Gasteiger charge is -2.33. The summed E-state index contributed by atoms with van der Waals surface area (Å²) in [5.41, 5.74) is 2.87. The standard InChI is InChI=1S/C19H28N2O3S/c1-15-7-8-18(20-9-3-4-10-20)17(12-15)19(22)21-11-5-6-16(13-21)14-25(2,23)24/h7-8,12,16H,3-6,9-11,13-14H2,1-2H3. The van der Waals surface area contributed by atoms with Gasteiger partial charge in [-0.2, -0.15) is 0 Å². The number of sulfone groups is 1. The Labute approximate surface area is 150 Å². The minimum absolute atomic E-state index is 0.0452. The van der Waals surface area contributed by atoms with Gasteiger partial charge in [-0.1, -0.05) is 11.6 Å². The van der Waals surface area contributed by atoms with Crippen molar-refractivity contribution in [2.75, 3.05) is 43.1 Å². The molecule has 1 aromatic rings. The lowest BCUT2D eigenvalue weighted by molar-refractivity contribution is 0.0685. The Morgan fingerprint density at radius 1 is 1.16 bits per heavy atom. The molecule has 5 nitrogen and oxygen atoms in total. The van der Waals surface area contributed by atoms with Gasteiger partial charge in [0.15, 0.2) is 0 Å². The molecule has 2 fully saturated rings. The Kier molecular flexibility index (Phi) is 5.37. The van der Waals surface area contributed by atoms with E-state index in [1.54, 1.807) is 0 Å². The van der Waals surface area contributed by atoms with Crippen molar-refractivity contribution in [3.63, 3.8) is 0 Å². The van der Waals surface area contributed by atoms with E-state index in [1.165, 1.54) is 19.1 Å². The van der Waals surface area contributed by atoms with Crippen LogP contribution in [0.15, 0.2) is 18.2 Å². The minimum Gasteiger partial charge on any atom is -0.371 e. The van der Waals surface area contributed by atoms with Crippen LogP contribution in [0.5, 0.6) is 0 Å². The summed E-state index contributed by atoms with van der Waals surface area (Å²) in [4.78, 5) is 17.3. The van der Waals surface area contributed by atoms with Gasteiger partial charge < -0.3 is 9.80 Å². The lowest BCUT2D eigenvalue weighted by Crippen LogP contribution is -2.42. The van der Waals surface area contributed by atoms with Crippen LogP contribution in [0.2, 0.25) is 0 Å². The van der Waals surface area contributed by atoms with Crippen molar-refractivity contribution in [3.8, 4) is 0 Å². The maximum atomic E-state index is 13.2. The van der Waals surface area contributed by atoms with Crippen LogP contribution < -0.4 is 4.90 Å². The predicted molar refractivity (Wildman–Crippen MR) is 101 cm³/mol. The molecular weight excluding hydrogens is 336 g/mol. The summed E-state index contributed by atoms with van der Waals surface area (Å²) in [6.07, 6.45) is 5.36. The molecule has 2 aliphatic rings. The van der Waals surface area contributed by atoms with Crippen LogP contribution in [0, 0.1) is 12.8 Å². The largest absolute Gasteiger partial charge is 0.371 e. The maximum Gasteiger partial charge on any atom is 0.255 e. The summed E-state index contributed by atoms with van der Waals surface area (Å²) in [5.74, 6) is 0.264. The highest BCUT2D eigenvalue weighted by atomic mass is 32.2. The molecule has 2 saturated heterocycles. The van der Waals surface area contributed by atoms with Crippen LogP contribution in [0.25, 0.3) is 0 Å². The van der Waals surface area contributed by atoms with Crippen molar-refractivity contribution in [1.82, 2.24) is 4.90 Å². The molecule has 2 heterocycles. The molecule has 0 bridgehead atoms. The van der Waals surface area contributed by atoms with Gasteiger partial charge in [0.05, 0.1) is 11.3 Å². The summed E-state index contributed by atoms with van der Waals surface area (Å²) in [7, 11) is -3.01. The van der Waals surface area contributed by atoms with Gasteiger partial charge in [0.25, 0.3) is 5.91 Å². The maximum absolute atomic E-state index is 13.2. The number of piperidine rings is 1. The predicted octanol–water partition coefficient (Wildman–Crippen LogP) is 2.49.